The fourth-order valence-electron chi connectivity index (χ4n) is 2.45. The summed E-state index contributed by atoms with van der Waals surface area (Å²) in [6, 6.07) is 9.95. The quantitative estimate of drug-likeness (QED) is 0.750. The predicted octanol–water partition coefficient (Wildman–Crippen LogP) is 2.18. The highest BCUT2D eigenvalue weighted by molar-refractivity contribution is 5.94. The number of benzene rings is 2. The zero-order valence-corrected chi connectivity index (χ0v) is 15.2. The molecule has 7 heteroatoms. The lowest BCUT2D eigenvalue weighted by Gasteiger charge is -2.15. The van der Waals surface area contributed by atoms with Crippen LogP contribution in [0.15, 0.2) is 36.4 Å². The first kappa shape index (κ1) is 19.4. The molecular weight excluding hydrogens is 338 g/mol. The van der Waals surface area contributed by atoms with E-state index in [0.717, 1.165) is 0 Å². The maximum Gasteiger partial charge on any atom is 0.251 e. The molecule has 1 amide bonds. The Kier molecular flexibility index (Phi) is 6.68. The summed E-state index contributed by atoms with van der Waals surface area (Å²) in [5.41, 5.74) is 1.01. The zero-order valence-electron chi connectivity index (χ0n) is 15.2. The minimum Gasteiger partial charge on any atom is -0.493 e. The number of rotatable bonds is 8. The minimum absolute atomic E-state index is 0.0443. The van der Waals surface area contributed by atoms with Gasteiger partial charge in [0, 0.05) is 12.1 Å². The van der Waals surface area contributed by atoms with Crippen molar-refractivity contribution in [1.82, 2.24) is 5.32 Å². The fourth-order valence-corrected chi connectivity index (χ4v) is 2.45. The van der Waals surface area contributed by atoms with Crippen molar-refractivity contribution in [1.29, 1.82) is 0 Å². The number of amides is 1. The van der Waals surface area contributed by atoms with Gasteiger partial charge in [0.25, 0.3) is 5.91 Å². The van der Waals surface area contributed by atoms with E-state index in [1.807, 2.05) is 0 Å². The molecule has 2 aromatic rings. The van der Waals surface area contributed by atoms with E-state index in [2.05, 4.69) is 5.32 Å². The van der Waals surface area contributed by atoms with Crippen molar-refractivity contribution in [3.63, 3.8) is 0 Å². The van der Waals surface area contributed by atoms with E-state index in [0.29, 0.717) is 34.1 Å². The van der Waals surface area contributed by atoms with E-state index in [-0.39, 0.29) is 12.5 Å². The molecular formula is C19H23NO6. The normalized spacial score (nSPS) is 11.4. The molecule has 0 spiro atoms. The Balaban J connectivity index is 2.05. The van der Waals surface area contributed by atoms with Crippen molar-refractivity contribution in [2.75, 3.05) is 35.0 Å². The molecule has 1 unspecified atom stereocenters. The first-order valence-electron chi connectivity index (χ1n) is 7.94. The van der Waals surface area contributed by atoms with Crippen molar-refractivity contribution in [2.45, 2.75) is 6.10 Å². The Hall–Kier alpha value is -2.93. The van der Waals surface area contributed by atoms with Crippen molar-refractivity contribution < 1.29 is 28.8 Å². The standard InChI is InChI=1S/C19H23NO6/c1-23-15-7-5-12(9-17(15)25-3)14(21)11-20-19(22)13-6-8-16(24-2)18(10-13)26-4/h5-10,14,21H,11H2,1-4H3,(H,20,22). The van der Waals surface area contributed by atoms with E-state index >= 15 is 0 Å². The van der Waals surface area contributed by atoms with Crippen LogP contribution in [0, 0.1) is 0 Å². The number of aliphatic hydroxyl groups is 1. The van der Waals surface area contributed by atoms with E-state index in [9.17, 15) is 9.90 Å². The third kappa shape index (κ3) is 4.37. The van der Waals surface area contributed by atoms with Crippen LogP contribution in [0.25, 0.3) is 0 Å². The molecule has 0 radical (unpaired) electrons. The van der Waals surface area contributed by atoms with Gasteiger partial charge in [-0.25, -0.2) is 0 Å². The van der Waals surface area contributed by atoms with Gasteiger partial charge in [0.2, 0.25) is 0 Å². The highest BCUT2D eigenvalue weighted by Gasteiger charge is 2.15. The van der Waals surface area contributed by atoms with E-state index in [1.165, 1.54) is 28.4 Å². The number of methoxy groups -OCH3 is 4. The SMILES string of the molecule is COc1ccc(C(=O)NCC(O)c2ccc(OC)c(OC)c2)cc1OC. The van der Waals surface area contributed by atoms with Crippen LogP contribution in [0.3, 0.4) is 0 Å². The molecule has 0 bridgehead atoms. The van der Waals surface area contributed by atoms with E-state index in [4.69, 9.17) is 18.9 Å². The average molecular weight is 361 g/mol. The molecule has 0 aliphatic rings. The Morgan fingerprint density at radius 3 is 2.00 bits per heavy atom. The maximum atomic E-state index is 12.3. The van der Waals surface area contributed by atoms with Crippen LogP contribution in [0.2, 0.25) is 0 Å². The summed E-state index contributed by atoms with van der Waals surface area (Å²) < 4.78 is 20.7. The largest absolute Gasteiger partial charge is 0.493 e. The first-order valence-corrected chi connectivity index (χ1v) is 7.94. The van der Waals surface area contributed by atoms with Gasteiger partial charge < -0.3 is 29.4 Å². The van der Waals surface area contributed by atoms with Gasteiger partial charge in [-0.2, -0.15) is 0 Å². The molecule has 0 heterocycles. The molecule has 26 heavy (non-hydrogen) atoms. The molecule has 1 atom stereocenters. The summed E-state index contributed by atoms with van der Waals surface area (Å²) >= 11 is 0. The van der Waals surface area contributed by atoms with Crippen molar-refractivity contribution in [3.05, 3.63) is 47.5 Å². The van der Waals surface area contributed by atoms with Crippen LogP contribution < -0.4 is 24.3 Å². The fraction of sp³-hybridized carbons (Fsp3) is 0.316. The smallest absolute Gasteiger partial charge is 0.251 e. The topological polar surface area (TPSA) is 86.3 Å². The highest BCUT2D eigenvalue weighted by Crippen LogP contribution is 2.30. The summed E-state index contributed by atoms with van der Waals surface area (Å²) in [5, 5.41) is 13.0. The lowest BCUT2D eigenvalue weighted by molar-refractivity contribution is 0.0916. The van der Waals surface area contributed by atoms with Crippen LogP contribution in [-0.2, 0) is 0 Å². The van der Waals surface area contributed by atoms with Crippen LogP contribution in [0.4, 0.5) is 0 Å². The Labute approximate surface area is 152 Å². The van der Waals surface area contributed by atoms with Crippen LogP contribution >= 0.6 is 0 Å². The molecule has 2 aromatic carbocycles. The van der Waals surface area contributed by atoms with Gasteiger partial charge in [0.05, 0.1) is 34.5 Å². The molecule has 0 saturated heterocycles. The van der Waals surface area contributed by atoms with Crippen molar-refractivity contribution in [3.8, 4) is 23.0 Å². The molecule has 0 aliphatic carbocycles. The second kappa shape index (κ2) is 8.96. The molecule has 0 aliphatic heterocycles. The second-order valence-corrected chi connectivity index (χ2v) is 5.41. The van der Waals surface area contributed by atoms with Crippen molar-refractivity contribution >= 4 is 5.91 Å². The third-order valence-corrected chi connectivity index (χ3v) is 3.89. The van der Waals surface area contributed by atoms with E-state index in [1.54, 1.807) is 36.4 Å². The van der Waals surface area contributed by atoms with Gasteiger partial charge >= 0.3 is 0 Å². The monoisotopic (exact) mass is 361 g/mol. The molecule has 2 N–H and O–H groups in total. The Bertz CT molecular complexity index is 762. The minimum atomic E-state index is -0.890. The van der Waals surface area contributed by atoms with Crippen molar-refractivity contribution in [2.24, 2.45) is 0 Å². The van der Waals surface area contributed by atoms with E-state index < -0.39 is 6.10 Å². The highest BCUT2D eigenvalue weighted by atomic mass is 16.5. The third-order valence-electron chi connectivity index (χ3n) is 3.89. The zero-order chi connectivity index (χ0) is 19.1. The van der Waals surface area contributed by atoms with Gasteiger partial charge in [0.15, 0.2) is 23.0 Å². The molecule has 140 valence electrons. The molecule has 7 nitrogen and oxygen atoms in total. The number of nitrogens with one attached hydrogen (secondary N) is 1. The number of ether oxygens (including phenoxy) is 4. The average Bonchev–Trinajstić information content (AvgIpc) is 2.70. The molecule has 2 rings (SSSR count). The molecule has 0 fully saturated rings. The molecule has 0 aromatic heterocycles. The number of hydrogen-bond acceptors (Lipinski definition) is 6. The van der Waals surface area contributed by atoms with Gasteiger partial charge in [-0.3, -0.25) is 4.79 Å². The molecule has 0 saturated carbocycles. The summed E-state index contributed by atoms with van der Waals surface area (Å²) in [6.07, 6.45) is -0.890. The Morgan fingerprint density at radius 1 is 0.885 bits per heavy atom. The summed E-state index contributed by atoms with van der Waals surface area (Å²) in [7, 11) is 6.08. The first-order chi connectivity index (χ1) is 12.5. The van der Waals surface area contributed by atoms with Gasteiger partial charge in [-0.15, -0.1) is 0 Å². The number of carbonyl (C=O) groups is 1. The van der Waals surface area contributed by atoms with Crippen LogP contribution in [-0.4, -0.2) is 46.0 Å². The number of aliphatic hydroxyl groups excluding tert-OH is 1. The predicted molar refractivity (Wildman–Crippen MR) is 96.4 cm³/mol. The van der Waals surface area contributed by atoms with Crippen LogP contribution in [0.1, 0.15) is 22.0 Å². The lowest BCUT2D eigenvalue weighted by atomic mass is 10.1. The summed E-state index contributed by atoms with van der Waals surface area (Å²) in [4.78, 5) is 12.3. The summed E-state index contributed by atoms with van der Waals surface area (Å²) in [6.45, 7) is 0.0443. The van der Waals surface area contributed by atoms with Gasteiger partial charge in [0.1, 0.15) is 0 Å². The lowest BCUT2D eigenvalue weighted by Crippen LogP contribution is -2.28. The van der Waals surface area contributed by atoms with Gasteiger partial charge in [-0.1, -0.05) is 6.07 Å². The van der Waals surface area contributed by atoms with Crippen LogP contribution in [0.5, 0.6) is 23.0 Å². The number of carbonyl (C=O) groups excluding carboxylic acids is 1. The summed E-state index contributed by atoms with van der Waals surface area (Å²) in [5.74, 6) is 1.74. The van der Waals surface area contributed by atoms with Gasteiger partial charge in [-0.05, 0) is 35.9 Å². The second-order valence-electron chi connectivity index (χ2n) is 5.41. The Morgan fingerprint density at radius 2 is 1.42 bits per heavy atom. The maximum absolute atomic E-state index is 12.3. The number of hydrogen-bond donors (Lipinski definition) is 2.